The molecule has 4 aliphatic rings. The van der Waals surface area contributed by atoms with Gasteiger partial charge in [0.15, 0.2) is 0 Å². The first-order valence-electron chi connectivity index (χ1n) is 20.8. The molecule has 13 nitrogen and oxygen atoms in total. The average molecular weight is 792 g/mol. The Morgan fingerprint density at radius 3 is 2.21 bits per heavy atom. The number of esters is 1. The molecule has 3 N–H and O–H groups in total. The number of amides is 1. The van der Waals surface area contributed by atoms with Gasteiger partial charge in [0, 0.05) is 52.0 Å². The van der Waals surface area contributed by atoms with Crippen molar-refractivity contribution in [1.82, 2.24) is 4.90 Å². The van der Waals surface area contributed by atoms with Crippen LogP contribution < -0.4 is 0 Å². The van der Waals surface area contributed by atoms with Gasteiger partial charge in [0.1, 0.15) is 24.0 Å². The maximum Gasteiger partial charge on any atom is 0.329 e. The third kappa shape index (κ3) is 10.7. The zero-order valence-corrected chi connectivity index (χ0v) is 35.1. The van der Waals surface area contributed by atoms with Crippen molar-refractivity contribution in [3.05, 3.63) is 23.3 Å². The Balaban J connectivity index is 1.76. The van der Waals surface area contributed by atoms with E-state index in [1.165, 1.54) is 19.1 Å². The highest BCUT2D eigenvalue weighted by Crippen LogP contribution is 2.39. The molecule has 0 aromatic carbocycles. The summed E-state index contributed by atoms with van der Waals surface area (Å²) in [4.78, 5) is 57.6. The van der Waals surface area contributed by atoms with Crippen LogP contribution in [0.4, 0.5) is 0 Å². The van der Waals surface area contributed by atoms with Crippen LogP contribution in [0.25, 0.3) is 0 Å². The highest BCUT2D eigenvalue weighted by atomic mass is 16.7. The Bertz CT molecular complexity index is 1430. The maximum atomic E-state index is 14.3. The van der Waals surface area contributed by atoms with Crippen molar-refractivity contribution in [2.75, 3.05) is 27.9 Å². The summed E-state index contributed by atoms with van der Waals surface area (Å²) in [5, 5.41) is 34.1. The molecule has 2 saturated heterocycles. The second-order valence-corrected chi connectivity index (χ2v) is 17.2. The lowest BCUT2D eigenvalue weighted by Gasteiger charge is -2.47. The molecule has 13 unspecified atom stereocenters. The lowest BCUT2D eigenvalue weighted by molar-refractivity contribution is -0.302. The van der Waals surface area contributed by atoms with Crippen molar-refractivity contribution in [2.45, 2.75) is 167 Å². The van der Waals surface area contributed by atoms with E-state index in [0.717, 1.165) is 5.57 Å². The van der Waals surface area contributed by atoms with E-state index in [2.05, 4.69) is 6.92 Å². The number of cyclic esters (lactones) is 1. The van der Waals surface area contributed by atoms with Gasteiger partial charge in [-0.1, -0.05) is 45.4 Å². The molecule has 1 saturated carbocycles. The fourth-order valence-corrected chi connectivity index (χ4v) is 9.39. The fraction of sp³-hybridized carbons (Fsp3) is 0.814. The number of piperidine rings is 1. The van der Waals surface area contributed by atoms with Crippen molar-refractivity contribution in [3.8, 4) is 0 Å². The van der Waals surface area contributed by atoms with Crippen LogP contribution in [0.3, 0.4) is 0 Å². The van der Waals surface area contributed by atoms with E-state index in [1.54, 1.807) is 21.0 Å². The van der Waals surface area contributed by atoms with Crippen molar-refractivity contribution in [3.63, 3.8) is 0 Å². The Hall–Kier alpha value is -2.52. The number of hydrogen-bond acceptors (Lipinski definition) is 12. The van der Waals surface area contributed by atoms with E-state index >= 15 is 0 Å². The van der Waals surface area contributed by atoms with Crippen LogP contribution in [0.2, 0.25) is 0 Å². The van der Waals surface area contributed by atoms with E-state index in [0.29, 0.717) is 56.9 Å². The van der Waals surface area contributed by atoms with Crippen molar-refractivity contribution < 1.29 is 58.2 Å². The number of Topliss-reactive ketones (excluding diaryl/α,β-unsaturated/α-hetero) is 2. The first-order valence-corrected chi connectivity index (χ1v) is 20.8. The Morgan fingerprint density at radius 1 is 0.911 bits per heavy atom. The van der Waals surface area contributed by atoms with Gasteiger partial charge in [-0.05, 0) is 95.5 Å². The zero-order valence-electron chi connectivity index (χ0n) is 35.1. The first kappa shape index (κ1) is 46.2. The van der Waals surface area contributed by atoms with Crippen LogP contribution in [0, 0.1) is 29.6 Å². The van der Waals surface area contributed by atoms with Crippen LogP contribution in [0.1, 0.15) is 112 Å². The molecule has 0 aromatic rings. The Morgan fingerprint density at radius 2 is 1.57 bits per heavy atom. The molecular weight excluding hydrogens is 722 g/mol. The van der Waals surface area contributed by atoms with Crippen LogP contribution in [-0.2, 0) is 42.9 Å². The molecule has 1 aliphatic carbocycles. The van der Waals surface area contributed by atoms with E-state index in [-0.39, 0.29) is 49.5 Å². The summed E-state index contributed by atoms with van der Waals surface area (Å²) in [6.07, 6.45) is 3.72. The number of methoxy groups -OCH3 is 3. The highest BCUT2D eigenvalue weighted by Gasteiger charge is 2.56. The SMILES string of the molecule is CCC1C=C(C)CC(C)CC(OC)C2O[C@@](O)(C(=O)C(=O)N3CCCCC3C(=O)OC(C(C)=CC3CCC(O)C(OC)C3)C(C)C(O)CC1=O)C(C)CC2OC. The second-order valence-electron chi connectivity index (χ2n) is 17.2. The molecule has 13 heteroatoms. The molecule has 3 fully saturated rings. The number of carbonyl (C=O) groups is 4. The number of ether oxygens (including phenoxy) is 5. The molecule has 4 rings (SSSR count). The lowest BCUT2D eigenvalue weighted by atomic mass is 9.81. The standard InChI is InChI=1S/C43H69NO12/c1-10-30-18-24(2)17-25(3)19-36(53-8)39-37(54-9)21-27(5)43(51,56-39)40(48)41(49)44-16-12-11-13-31(44)42(50)55-38(28(6)33(46)23-34(30)47)26(4)20-29-14-15-32(45)35(22-29)52-7/h18,20,25,27-33,35-39,45-46,51H,10-17,19,21-23H2,1-9H3/t25?,27?,28?,29?,30?,31?,32?,33?,35?,36?,37?,38?,39?,43-/m1/s1. The van der Waals surface area contributed by atoms with E-state index in [9.17, 15) is 34.5 Å². The number of fused-ring (bicyclic) bond motifs is 3. The van der Waals surface area contributed by atoms with Gasteiger partial charge >= 0.3 is 5.97 Å². The number of aliphatic hydroxyl groups is 3. The van der Waals surface area contributed by atoms with E-state index in [4.69, 9.17) is 23.7 Å². The topological polar surface area (TPSA) is 178 Å². The van der Waals surface area contributed by atoms with Gasteiger partial charge in [0.05, 0.1) is 30.5 Å². The molecule has 0 aromatic heterocycles. The van der Waals surface area contributed by atoms with Gasteiger partial charge < -0.3 is 43.9 Å². The van der Waals surface area contributed by atoms with Gasteiger partial charge in [0.2, 0.25) is 5.79 Å². The summed E-state index contributed by atoms with van der Waals surface area (Å²) in [5.74, 6) is -7.50. The molecule has 3 heterocycles. The first-order chi connectivity index (χ1) is 26.5. The number of carbonyl (C=O) groups excluding carboxylic acids is 4. The molecule has 0 spiro atoms. The molecule has 0 radical (unpaired) electrons. The van der Waals surface area contributed by atoms with E-state index in [1.807, 2.05) is 32.9 Å². The molecule has 2 bridgehead atoms. The van der Waals surface area contributed by atoms with Crippen LogP contribution in [-0.4, -0.2) is 126 Å². The third-order valence-corrected chi connectivity index (χ3v) is 12.9. The van der Waals surface area contributed by atoms with Crippen LogP contribution in [0.5, 0.6) is 0 Å². The lowest BCUT2D eigenvalue weighted by Crippen LogP contribution is -2.64. The number of hydrogen-bond donors (Lipinski definition) is 3. The van der Waals surface area contributed by atoms with Crippen LogP contribution in [0.15, 0.2) is 23.3 Å². The molecule has 14 atom stereocenters. The van der Waals surface area contributed by atoms with Crippen molar-refractivity contribution >= 4 is 23.4 Å². The number of aliphatic hydroxyl groups excluding tert-OH is 2. The quantitative estimate of drug-likeness (QED) is 0.196. The number of rotatable bonds is 6. The molecule has 1 amide bonds. The van der Waals surface area contributed by atoms with Gasteiger partial charge in [-0.2, -0.15) is 0 Å². The number of ketones is 2. The smallest absolute Gasteiger partial charge is 0.329 e. The van der Waals surface area contributed by atoms with Crippen molar-refractivity contribution in [1.29, 1.82) is 0 Å². The Kier molecular flexibility index (Phi) is 16.9. The minimum atomic E-state index is -2.50. The summed E-state index contributed by atoms with van der Waals surface area (Å²) in [5.41, 5.74) is 1.66. The zero-order chi connectivity index (χ0) is 41.5. The fourth-order valence-electron chi connectivity index (χ4n) is 9.39. The summed E-state index contributed by atoms with van der Waals surface area (Å²) >= 11 is 0. The summed E-state index contributed by atoms with van der Waals surface area (Å²) < 4.78 is 29.7. The molecule has 3 aliphatic heterocycles. The highest BCUT2D eigenvalue weighted by molar-refractivity contribution is 6.39. The van der Waals surface area contributed by atoms with Gasteiger partial charge in [-0.25, -0.2) is 4.79 Å². The largest absolute Gasteiger partial charge is 0.456 e. The predicted molar refractivity (Wildman–Crippen MR) is 208 cm³/mol. The third-order valence-electron chi connectivity index (χ3n) is 12.9. The average Bonchev–Trinajstić information content (AvgIpc) is 3.18. The van der Waals surface area contributed by atoms with Crippen LogP contribution >= 0.6 is 0 Å². The molecule has 318 valence electrons. The van der Waals surface area contributed by atoms with Gasteiger partial charge in [0.25, 0.3) is 11.7 Å². The normalized spacial score (nSPS) is 40.6. The molecular formula is C43H69NO12. The molecule has 56 heavy (non-hydrogen) atoms. The predicted octanol–water partition coefficient (Wildman–Crippen LogP) is 4.47. The monoisotopic (exact) mass is 791 g/mol. The second kappa shape index (κ2) is 20.4. The summed E-state index contributed by atoms with van der Waals surface area (Å²) in [7, 11) is 4.63. The van der Waals surface area contributed by atoms with Gasteiger partial charge in [-0.15, -0.1) is 0 Å². The summed E-state index contributed by atoms with van der Waals surface area (Å²) in [6, 6.07) is -1.13. The summed E-state index contributed by atoms with van der Waals surface area (Å²) in [6.45, 7) is 11.3. The van der Waals surface area contributed by atoms with Crippen molar-refractivity contribution in [2.24, 2.45) is 29.6 Å². The van der Waals surface area contributed by atoms with Gasteiger partial charge in [-0.3, -0.25) is 14.4 Å². The number of allylic oxidation sites excluding steroid dienone is 3. The minimum Gasteiger partial charge on any atom is -0.456 e. The minimum absolute atomic E-state index is 0.000914. The Labute approximate surface area is 333 Å². The maximum absolute atomic E-state index is 14.3. The number of nitrogens with zero attached hydrogens (tertiary/aromatic N) is 1. The van der Waals surface area contributed by atoms with E-state index < -0.39 is 83.9 Å².